The lowest BCUT2D eigenvalue weighted by Crippen LogP contribution is -2.61. The van der Waals surface area contributed by atoms with Gasteiger partial charge in [0.1, 0.15) is 0 Å². The number of fused-ring (bicyclic) bond motifs is 5. The summed E-state index contributed by atoms with van der Waals surface area (Å²) in [7, 11) is 0. The number of aromatic nitrogens is 1. The number of hydrogen-bond acceptors (Lipinski definition) is 3. The fourth-order valence-corrected chi connectivity index (χ4v) is 6.15. The first-order chi connectivity index (χ1) is 14.0. The molecule has 1 aliphatic heterocycles. The molecule has 1 amide bonds. The third-order valence-corrected chi connectivity index (χ3v) is 7.44. The molecule has 1 saturated heterocycles. The van der Waals surface area contributed by atoms with Gasteiger partial charge in [0, 0.05) is 23.1 Å². The Bertz CT molecular complexity index is 960. The van der Waals surface area contributed by atoms with Crippen molar-refractivity contribution in [2.45, 2.75) is 37.3 Å². The van der Waals surface area contributed by atoms with E-state index in [-0.39, 0.29) is 29.7 Å². The second kappa shape index (κ2) is 6.70. The van der Waals surface area contributed by atoms with Gasteiger partial charge >= 0.3 is 0 Å². The van der Waals surface area contributed by atoms with Gasteiger partial charge in [-0.1, -0.05) is 24.3 Å². The predicted octanol–water partition coefficient (Wildman–Crippen LogP) is 3.02. The SMILES string of the molecule is C=C[C@@H]1CC[C@H]2[C@@H]3CCc4c[n+]([O-])ccc4[C@H]3N(C(=O)c3ccccc3)C[C@]12O. The molecular weight excluding hydrogens is 364 g/mol. The Hall–Kier alpha value is -2.66. The maximum Gasteiger partial charge on any atom is 0.254 e. The van der Waals surface area contributed by atoms with Gasteiger partial charge in [-0.2, -0.15) is 4.73 Å². The predicted molar refractivity (Wildman–Crippen MR) is 109 cm³/mol. The molecule has 0 unspecified atom stereocenters. The highest BCUT2D eigenvalue weighted by molar-refractivity contribution is 5.94. The van der Waals surface area contributed by atoms with Crippen LogP contribution in [0.25, 0.3) is 0 Å². The molecule has 2 heterocycles. The fourth-order valence-electron chi connectivity index (χ4n) is 6.15. The van der Waals surface area contributed by atoms with Crippen molar-refractivity contribution in [1.82, 2.24) is 4.90 Å². The largest absolute Gasteiger partial charge is 0.619 e. The molecule has 3 aliphatic rings. The summed E-state index contributed by atoms with van der Waals surface area (Å²) in [5, 5.41) is 23.6. The standard InChI is InChI=1S/C24H26N2O3/c1-2-18-9-11-21-20-10-8-17-14-25(29)13-12-19(17)22(20)26(15-24(18,21)28)23(27)16-6-4-3-5-7-16/h2-7,12-14,18,20-22,28H,1,8-11,15H2/t18-,20+,21+,22-,24+/m1/s1. The number of pyridine rings is 1. The molecule has 5 nitrogen and oxygen atoms in total. The van der Waals surface area contributed by atoms with Crippen molar-refractivity contribution in [2.24, 2.45) is 17.8 Å². The number of amides is 1. The van der Waals surface area contributed by atoms with Gasteiger partial charge in [0.15, 0.2) is 12.4 Å². The summed E-state index contributed by atoms with van der Waals surface area (Å²) in [6, 6.07) is 11.0. The summed E-state index contributed by atoms with van der Waals surface area (Å²) in [4.78, 5) is 15.4. The van der Waals surface area contributed by atoms with Crippen molar-refractivity contribution in [3.05, 3.63) is 83.3 Å². The van der Waals surface area contributed by atoms with E-state index in [0.717, 1.165) is 41.5 Å². The van der Waals surface area contributed by atoms with E-state index >= 15 is 0 Å². The third kappa shape index (κ3) is 2.71. The first kappa shape index (κ1) is 18.4. The van der Waals surface area contributed by atoms with Gasteiger partial charge in [-0.15, -0.1) is 6.58 Å². The molecule has 2 aliphatic carbocycles. The molecule has 2 aromatic rings. The number of rotatable bonds is 2. The van der Waals surface area contributed by atoms with Gasteiger partial charge in [-0.25, -0.2) is 0 Å². The molecule has 1 aromatic carbocycles. The molecule has 1 aromatic heterocycles. The minimum atomic E-state index is -0.932. The summed E-state index contributed by atoms with van der Waals surface area (Å²) in [6.07, 6.45) is 8.56. The van der Waals surface area contributed by atoms with Crippen LogP contribution in [0.5, 0.6) is 0 Å². The number of piperidine rings is 1. The lowest BCUT2D eigenvalue weighted by Gasteiger charge is -2.54. The van der Waals surface area contributed by atoms with E-state index in [0.29, 0.717) is 12.1 Å². The van der Waals surface area contributed by atoms with E-state index in [1.807, 2.05) is 47.4 Å². The molecule has 2 fully saturated rings. The van der Waals surface area contributed by atoms with Crippen LogP contribution in [0.4, 0.5) is 0 Å². The number of β-amino-alcohol motifs (C(OH)–C–C–N with tert-alkyl or cyclic N) is 1. The molecule has 5 rings (SSSR count). The molecular formula is C24H26N2O3. The van der Waals surface area contributed by atoms with Gasteiger partial charge in [0.25, 0.3) is 5.91 Å². The van der Waals surface area contributed by atoms with Crippen LogP contribution in [-0.4, -0.2) is 28.1 Å². The van der Waals surface area contributed by atoms with E-state index in [1.165, 1.54) is 6.20 Å². The van der Waals surface area contributed by atoms with E-state index in [2.05, 4.69) is 6.58 Å². The molecule has 5 heteroatoms. The normalized spacial score (nSPS) is 32.8. The van der Waals surface area contributed by atoms with Crippen molar-refractivity contribution in [1.29, 1.82) is 0 Å². The Balaban J connectivity index is 1.63. The first-order valence-electron chi connectivity index (χ1n) is 10.5. The van der Waals surface area contributed by atoms with Crippen LogP contribution < -0.4 is 4.73 Å². The molecule has 29 heavy (non-hydrogen) atoms. The zero-order valence-electron chi connectivity index (χ0n) is 16.4. The van der Waals surface area contributed by atoms with Crippen LogP contribution >= 0.6 is 0 Å². The number of carbonyl (C=O) groups is 1. The van der Waals surface area contributed by atoms with Crippen LogP contribution in [0.3, 0.4) is 0 Å². The maximum absolute atomic E-state index is 13.6. The molecule has 0 bridgehead atoms. The molecule has 0 spiro atoms. The van der Waals surface area contributed by atoms with E-state index in [9.17, 15) is 15.1 Å². The van der Waals surface area contributed by atoms with Crippen molar-refractivity contribution >= 4 is 5.91 Å². The molecule has 1 N–H and O–H groups in total. The molecule has 1 saturated carbocycles. The number of hydrogen-bond donors (Lipinski definition) is 1. The highest BCUT2D eigenvalue weighted by Gasteiger charge is 2.59. The van der Waals surface area contributed by atoms with Crippen molar-refractivity contribution in [3.8, 4) is 0 Å². The summed E-state index contributed by atoms with van der Waals surface area (Å²) in [6.45, 7) is 4.26. The summed E-state index contributed by atoms with van der Waals surface area (Å²) >= 11 is 0. The van der Waals surface area contributed by atoms with Crippen molar-refractivity contribution in [3.63, 3.8) is 0 Å². The Morgan fingerprint density at radius 3 is 2.79 bits per heavy atom. The van der Waals surface area contributed by atoms with Gasteiger partial charge in [0.05, 0.1) is 18.2 Å². The van der Waals surface area contributed by atoms with Gasteiger partial charge < -0.3 is 15.2 Å². The number of carbonyl (C=O) groups excluding carboxylic acids is 1. The molecule has 150 valence electrons. The average molecular weight is 390 g/mol. The lowest BCUT2D eigenvalue weighted by atomic mass is 9.64. The smallest absolute Gasteiger partial charge is 0.254 e. The highest BCUT2D eigenvalue weighted by atomic mass is 16.5. The second-order valence-electron chi connectivity index (χ2n) is 8.75. The van der Waals surface area contributed by atoms with Crippen molar-refractivity contribution in [2.75, 3.05) is 6.54 Å². The van der Waals surface area contributed by atoms with Gasteiger partial charge in [0.2, 0.25) is 0 Å². The van der Waals surface area contributed by atoms with Gasteiger partial charge in [-0.3, -0.25) is 4.79 Å². The Morgan fingerprint density at radius 2 is 2.03 bits per heavy atom. The molecule has 0 radical (unpaired) electrons. The fraction of sp³-hybridized carbons (Fsp3) is 0.417. The van der Waals surface area contributed by atoms with Crippen molar-refractivity contribution < 1.29 is 14.6 Å². The number of aryl methyl sites for hydroxylation is 1. The highest BCUT2D eigenvalue weighted by Crippen LogP contribution is 2.57. The Kier molecular flexibility index (Phi) is 4.24. The summed E-state index contributed by atoms with van der Waals surface area (Å²) in [5.41, 5.74) is 1.77. The van der Waals surface area contributed by atoms with Crippen LogP contribution in [0.2, 0.25) is 0 Å². The second-order valence-corrected chi connectivity index (χ2v) is 8.75. The lowest BCUT2D eigenvalue weighted by molar-refractivity contribution is -0.606. The van der Waals surface area contributed by atoms with E-state index in [1.54, 1.807) is 6.20 Å². The first-order valence-corrected chi connectivity index (χ1v) is 10.5. The van der Waals surface area contributed by atoms with E-state index < -0.39 is 5.60 Å². The van der Waals surface area contributed by atoms with Gasteiger partial charge in [-0.05, 0) is 55.2 Å². The summed E-state index contributed by atoms with van der Waals surface area (Å²) < 4.78 is 0.838. The monoisotopic (exact) mass is 390 g/mol. The Morgan fingerprint density at radius 1 is 1.24 bits per heavy atom. The molecule has 5 atom stereocenters. The van der Waals surface area contributed by atoms with Crippen LogP contribution in [0.15, 0.2) is 61.4 Å². The number of aliphatic hydroxyl groups is 1. The third-order valence-electron chi connectivity index (χ3n) is 7.44. The van der Waals surface area contributed by atoms with Crippen LogP contribution in [0.1, 0.15) is 46.8 Å². The number of likely N-dealkylation sites (tertiary alicyclic amines) is 1. The quantitative estimate of drug-likeness (QED) is 0.487. The summed E-state index contributed by atoms with van der Waals surface area (Å²) in [5.74, 6) is 0.263. The van der Waals surface area contributed by atoms with E-state index in [4.69, 9.17) is 0 Å². The average Bonchev–Trinajstić information content (AvgIpc) is 3.08. The number of benzene rings is 1. The maximum atomic E-state index is 13.6. The minimum Gasteiger partial charge on any atom is -0.619 e. The van der Waals surface area contributed by atoms with Crippen LogP contribution in [-0.2, 0) is 6.42 Å². The zero-order chi connectivity index (χ0) is 20.2. The zero-order valence-corrected chi connectivity index (χ0v) is 16.4. The topological polar surface area (TPSA) is 67.5 Å². The van der Waals surface area contributed by atoms with Crippen LogP contribution in [0, 0.1) is 23.0 Å². The minimum absolute atomic E-state index is 0.000457. The Labute approximate surface area is 170 Å². The number of nitrogens with zero attached hydrogens (tertiary/aromatic N) is 2.